The average Bonchev–Trinajstić information content (AvgIpc) is 2.41. The minimum Gasteiger partial charge on any atom is -0.385 e. The van der Waals surface area contributed by atoms with Gasteiger partial charge in [-0.25, -0.2) is 0 Å². The third-order valence-electron chi connectivity index (χ3n) is 3.75. The Kier molecular flexibility index (Phi) is 1.96. The molecule has 2 aliphatic rings. The summed E-state index contributed by atoms with van der Waals surface area (Å²) in [4.78, 5) is 13.6. The molecule has 2 fully saturated rings. The van der Waals surface area contributed by atoms with Crippen molar-refractivity contribution in [1.29, 1.82) is 0 Å². The maximum absolute atomic E-state index is 11.9. The Morgan fingerprint density at radius 2 is 2.29 bits per heavy atom. The molecule has 0 aromatic carbocycles. The van der Waals surface area contributed by atoms with Crippen LogP contribution in [0.25, 0.3) is 0 Å². The van der Waals surface area contributed by atoms with Crippen LogP contribution in [0.2, 0.25) is 0 Å². The lowest BCUT2D eigenvalue weighted by atomic mass is 9.77. The van der Waals surface area contributed by atoms with Gasteiger partial charge in [0.1, 0.15) is 0 Å². The van der Waals surface area contributed by atoms with Crippen molar-refractivity contribution in [3.05, 3.63) is 12.2 Å². The van der Waals surface area contributed by atoms with Crippen LogP contribution in [0.15, 0.2) is 12.2 Å². The van der Waals surface area contributed by atoms with Gasteiger partial charge in [-0.2, -0.15) is 0 Å². The van der Waals surface area contributed by atoms with Crippen LogP contribution in [0.3, 0.4) is 0 Å². The molecule has 3 atom stereocenters. The largest absolute Gasteiger partial charge is 0.385 e. The Balaban J connectivity index is 2.39. The van der Waals surface area contributed by atoms with Crippen molar-refractivity contribution in [3.8, 4) is 0 Å². The summed E-state index contributed by atoms with van der Waals surface area (Å²) in [6, 6.07) is 0. The summed E-state index contributed by atoms with van der Waals surface area (Å²) in [6.45, 7) is 6.44. The second-order valence-electron chi connectivity index (χ2n) is 4.72. The quantitative estimate of drug-likeness (QED) is 0.581. The van der Waals surface area contributed by atoms with Gasteiger partial charge in [-0.05, 0) is 24.3 Å². The molecule has 1 amide bonds. The lowest BCUT2D eigenvalue weighted by Crippen LogP contribution is -2.54. The molecule has 0 radical (unpaired) electrons. The number of hydrogen-bond donors (Lipinski definition) is 1. The van der Waals surface area contributed by atoms with Gasteiger partial charge in [0, 0.05) is 13.6 Å². The Morgan fingerprint density at radius 3 is 2.93 bits per heavy atom. The predicted octanol–water partition coefficient (Wildman–Crippen LogP) is 0.792. The fourth-order valence-electron chi connectivity index (χ4n) is 2.82. The number of piperidine rings is 1. The molecule has 0 bridgehead atoms. The third-order valence-corrected chi connectivity index (χ3v) is 3.75. The van der Waals surface area contributed by atoms with Gasteiger partial charge in [0.15, 0.2) is 0 Å². The molecule has 78 valence electrons. The van der Waals surface area contributed by atoms with Crippen molar-refractivity contribution in [2.45, 2.75) is 25.4 Å². The van der Waals surface area contributed by atoms with Crippen LogP contribution in [0.5, 0.6) is 0 Å². The van der Waals surface area contributed by atoms with Crippen molar-refractivity contribution in [3.63, 3.8) is 0 Å². The molecule has 2 rings (SSSR count). The monoisotopic (exact) mass is 195 g/mol. The van der Waals surface area contributed by atoms with Crippen LogP contribution in [-0.2, 0) is 4.79 Å². The summed E-state index contributed by atoms with van der Waals surface area (Å²) in [7, 11) is 1.78. The van der Waals surface area contributed by atoms with Gasteiger partial charge in [0.25, 0.3) is 0 Å². The molecular weight excluding hydrogens is 178 g/mol. The number of likely N-dealkylation sites (tertiary alicyclic amines) is 1. The van der Waals surface area contributed by atoms with E-state index in [1.165, 1.54) is 0 Å². The van der Waals surface area contributed by atoms with Crippen LogP contribution in [0.1, 0.15) is 19.8 Å². The van der Waals surface area contributed by atoms with E-state index in [1.807, 2.05) is 6.92 Å². The maximum Gasteiger partial charge on any atom is 0.229 e. The molecular formula is C11H17NO2. The Hall–Kier alpha value is -0.830. The van der Waals surface area contributed by atoms with Crippen LogP contribution in [0.4, 0.5) is 0 Å². The first-order chi connectivity index (χ1) is 6.47. The average molecular weight is 195 g/mol. The molecule has 0 aromatic rings. The molecule has 1 saturated heterocycles. The zero-order valence-corrected chi connectivity index (χ0v) is 8.79. The number of aliphatic hydroxyl groups is 1. The fraction of sp³-hybridized carbons (Fsp3) is 0.727. The standard InChI is InChI=1S/C11H17NO2/c1-7-4-5-11(14)8(2)6-12(3)10(13)9(7)11/h7,9,14H,2,4-6H2,1,3H3/t7-,9-,11-/m0/s1. The van der Waals surface area contributed by atoms with E-state index in [0.29, 0.717) is 13.0 Å². The summed E-state index contributed by atoms with van der Waals surface area (Å²) < 4.78 is 0. The topological polar surface area (TPSA) is 40.5 Å². The van der Waals surface area contributed by atoms with Crippen LogP contribution >= 0.6 is 0 Å². The van der Waals surface area contributed by atoms with E-state index in [0.717, 1.165) is 12.0 Å². The van der Waals surface area contributed by atoms with E-state index in [-0.39, 0.29) is 17.7 Å². The van der Waals surface area contributed by atoms with E-state index in [2.05, 4.69) is 6.58 Å². The molecule has 0 aromatic heterocycles. The van der Waals surface area contributed by atoms with Gasteiger partial charge in [0.2, 0.25) is 5.91 Å². The van der Waals surface area contributed by atoms with Gasteiger partial charge >= 0.3 is 0 Å². The highest BCUT2D eigenvalue weighted by Crippen LogP contribution is 2.47. The molecule has 1 aliphatic carbocycles. The van der Waals surface area contributed by atoms with Crippen molar-refractivity contribution in [2.24, 2.45) is 11.8 Å². The Bertz CT molecular complexity index is 300. The molecule has 0 unspecified atom stereocenters. The first-order valence-corrected chi connectivity index (χ1v) is 5.12. The van der Waals surface area contributed by atoms with Gasteiger partial charge in [-0.15, -0.1) is 0 Å². The highest BCUT2D eigenvalue weighted by Gasteiger charge is 2.54. The van der Waals surface area contributed by atoms with E-state index in [9.17, 15) is 9.90 Å². The zero-order chi connectivity index (χ0) is 10.5. The van der Waals surface area contributed by atoms with Crippen LogP contribution in [0, 0.1) is 11.8 Å². The smallest absolute Gasteiger partial charge is 0.229 e. The number of carbonyl (C=O) groups is 1. The molecule has 0 spiro atoms. The summed E-state index contributed by atoms with van der Waals surface area (Å²) in [5, 5.41) is 10.4. The van der Waals surface area contributed by atoms with E-state index < -0.39 is 5.60 Å². The Labute approximate surface area is 84.4 Å². The molecule has 1 N–H and O–H groups in total. The number of amides is 1. The molecule has 14 heavy (non-hydrogen) atoms. The summed E-state index contributed by atoms with van der Waals surface area (Å²) in [5.74, 6) is 0.0886. The van der Waals surface area contributed by atoms with Gasteiger partial charge in [0.05, 0.1) is 11.5 Å². The van der Waals surface area contributed by atoms with Gasteiger partial charge in [-0.3, -0.25) is 4.79 Å². The van der Waals surface area contributed by atoms with Crippen LogP contribution < -0.4 is 0 Å². The molecule has 3 heteroatoms. The van der Waals surface area contributed by atoms with Crippen molar-refractivity contribution in [1.82, 2.24) is 4.90 Å². The van der Waals surface area contributed by atoms with Gasteiger partial charge < -0.3 is 10.0 Å². The molecule has 1 saturated carbocycles. The first kappa shape index (κ1) is 9.71. The van der Waals surface area contributed by atoms with E-state index >= 15 is 0 Å². The summed E-state index contributed by atoms with van der Waals surface area (Å²) >= 11 is 0. The number of fused-ring (bicyclic) bond motifs is 1. The Morgan fingerprint density at radius 1 is 1.64 bits per heavy atom. The lowest BCUT2D eigenvalue weighted by Gasteiger charge is -2.41. The minimum absolute atomic E-state index is 0.0740. The highest BCUT2D eigenvalue weighted by atomic mass is 16.3. The number of hydrogen-bond acceptors (Lipinski definition) is 2. The van der Waals surface area contributed by atoms with E-state index in [1.54, 1.807) is 11.9 Å². The maximum atomic E-state index is 11.9. The van der Waals surface area contributed by atoms with Gasteiger partial charge in [-0.1, -0.05) is 13.5 Å². The molecule has 1 heterocycles. The second kappa shape index (κ2) is 2.83. The number of likely N-dealkylation sites (N-methyl/N-ethyl adjacent to an activating group) is 1. The number of carbonyl (C=O) groups excluding carboxylic acids is 1. The number of nitrogens with zero attached hydrogens (tertiary/aromatic N) is 1. The zero-order valence-electron chi connectivity index (χ0n) is 8.79. The van der Waals surface area contributed by atoms with Crippen molar-refractivity contribution >= 4 is 5.91 Å². The minimum atomic E-state index is -0.914. The van der Waals surface area contributed by atoms with Crippen molar-refractivity contribution < 1.29 is 9.90 Å². The third kappa shape index (κ3) is 1.05. The predicted molar refractivity (Wildman–Crippen MR) is 53.6 cm³/mol. The van der Waals surface area contributed by atoms with Crippen molar-refractivity contribution in [2.75, 3.05) is 13.6 Å². The lowest BCUT2D eigenvalue weighted by molar-refractivity contribution is -0.145. The first-order valence-electron chi connectivity index (χ1n) is 5.12. The molecule has 1 aliphatic heterocycles. The highest BCUT2D eigenvalue weighted by molar-refractivity contribution is 5.83. The number of rotatable bonds is 0. The van der Waals surface area contributed by atoms with Crippen LogP contribution in [-0.4, -0.2) is 35.1 Å². The molecule has 3 nitrogen and oxygen atoms in total. The normalized spacial score (nSPS) is 42.9. The SMILES string of the molecule is C=C1CN(C)C(=O)[C@@H]2[C@@H](C)CC[C@]12O. The second-order valence-corrected chi connectivity index (χ2v) is 4.72. The summed E-state index contributed by atoms with van der Waals surface area (Å²) in [6.07, 6.45) is 1.61. The van der Waals surface area contributed by atoms with E-state index in [4.69, 9.17) is 0 Å². The fourth-order valence-corrected chi connectivity index (χ4v) is 2.82. The summed E-state index contributed by atoms with van der Waals surface area (Å²) in [5.41, 5.74) is -0.114.